The molecule has 2 saturated heterocycles. The molecule has 3 aliphatic rings. The molecular formula is C18H24N2O5. The van der Waals surface area contributed by atoms with Gasteiger partial charge in [0.25, 0.3) is 11.8 Å². The van der Waals surface area contributed by atoms with Crippen LogP contribution in [0.2, 0.25) is 0 Å². The lowest BCUT2D eigenvalue weighted by atomic mass is 9.97. The number of carbonyl (C=O) groups is 4. The third-order valence-corrected chi connectivity index (χ3v) is 5.27. The molecule has 0 aromatic carbocycles. The minimum Gasteiger partial charge on any atom is -0.330 e. The molecule has 7 heteroatoms. The molecule has 2 atom stereocenters. The van der Waals surface area contributed by atoms with Crippen LogP contribution < -0.4 is 0 Å². The van der Waals surface area contributed by atoms with Crippen molar-refractivity contribution >= 4 is 23.6 Å². The molecule has 2 unspecified atom stereocenters. The van der Waals surface area contributed by atoms with Crippen LogP contribution in [0.1, 0.15) is 58.3 Å². The van der Waals surface area contributed by atoms with Crippen LogP contribution in [-0.4, -0.2) is 52.2 Å². The summed E-state index contributed by atoms with van der Waals surface area (Å²) in [6.45, 7) is 2.32. The van der Waals surface area contributed by atoms with E-state index in [0.717, 1.165) is 31.3 Å². The quantitative estimate of drug-likeness (QED) is 0.677. The van der Waals surface area contributed by atoms with Crippen molar-refractivity contribution in [2.45, 2.75) is 70.4 Å². The average Bonchev–Trinajstić information content (AvgIpc) is 3.00. The van der Waals surface area contributed by atoms with Crippen molar-refractivity contribution in [2.24, 2.45) is 0 Å². The van der Waals surface area contributed by atoms with E-state index in [1.54, 1.807) is 6.92 Å². The normalized spacial score (nSPS) is 26.6. The largest absolute Gasteiger partial charge is 0.333 e. The summed E-state index contributed by atoms with van der Waals surface area (Å²) < 4.78 is 0. The number of nitrogens with zero attached hydrogens (tertiary/aromatic N) is 2. The lowest BCUT2D eigenvalue weighted by molar-refractivity contribution is -0.197. The zero-order chi connectivity index (χ0) is 18.0. The SMILES string of the molecule is CC(=O)C1=CCCC2CCC1N2CCCC(=O)ON1C(=O)CCC1=O. The third kappa shape index (κ3) is 3.81. The van der Waals surface area contributed by atoms with E-state index < -0.39 is 17.8 Å². The van der Waals surface area contributed by atoms with Gasteiger partial charge in [0.05, 0.1) is 0 Å². The molecule has 7 nitrogen and oxygen atoms in total. The molecule has 2 bridgehead atoms. The highest BCUT2D eigenvalue weighted by Gasteiger charge is 2.38. The Labute approximate surface area is 146 Å². The highest BCUT2D eigenvalue weighted by Crippen LogP contribution is 2.35. The van der Waals surface area contributed by atoms with Gasteiger partial charge in [-0.05, 0) is 45.6 Å². The van der Waals surface area contributed by atoms with Crippen LogP contribution in [0.4, 0.5) is 0 Å². The first-order valence-electron chi connectivity index (χ1n) is 9.00. The summed E-state index contributed by atoms with van der Waals surface area (Å²) in [6, 6.07) is 0.610. The van der Waals surface area contributed by atoms with E-state index in [2.05, 4.69) is 11.0 Å². The Morgan fingerprint density at radius 3 is 2.56 bits per heavy atom. The van der Waals surface area contributed by atoms with Gasteiger partial charge in [-0.3, -0.25) is 19.3 Å². The minimum absolute atomic E-state index is 0.101. The second-order valence-corrected chi connectivity index (χ2v) is 6.93. The number of ketones is 1. The number of hydrogen-bond donors (Lipinski definition) is 0. The number of amides is 2. The topological polar surface area (TPSA) is 84.0 Å². The zero-order valence-corrected chi connectivity index (χ0v) is 14.5. The third-order valence-electron chi connectivity index (χ3n) is 5.27. The number of imide groups is 1. The number of fused-ring (bicyclic) bond motifs is 2. The number of rotatable bonds is 6. The van der Waals surface area contributed by atoms with Crippen LogP contribution in [0.3, 0.4) is 0 Å². The van der Waals surface area contributed by atoms with Gasteiger partial charge in [-0.1, -0.05) is 6.08 Å². The summed E-state index contributed by atoms with van der Waals surface area (Å²) in [5, 5.41) is 0.592. The first kappa shape index (κ1) is 17.8. The van der Waals surface area contributed by atoms with Gasteiger partial charge < -0.3 is 4.84 Å². The number of Topliss-reactive ketones (excluding diaryl/α,β-unsaturated/α-hetero) is 1. The summed E-state index contributed by atoms with van der Waals surface area (Å²) in [5.74, 6) is -1.35. The fourth-order valence-electron chi connectivity index (χ4n) is 4.08. The van der Waals surface area contributed by atoms with Gasteiger partial charge in [0.1, 0.15) is 0 Å². The molecule has 0 aliphatic carbocycles. The van der Waals surface area contributed by atoms with Gasteiger partial charge in [-0.15, -0.1) is 5.06 Å². The van der Waals surface area contributed by atoms with E-state index in [4.69, 9.17) is 4.84 Å². The highest BCUT2D eigenvalue weighted by atomic mass is 16.7. The van der Waals surface area contributed by atoms with Gasteiger partial charge >= 0.3 is 5.97 Å². The maximum atomic E-state index is 11.9. The zero-order valence-electron chi connectivity index (χ0n) is 14.5. The summed E-state index contributed by atoms with van der Waals surface area (Å²) in [4.78, 5) is 53.9. The second-order valence-electron chi connectivity index (χ2n) is 6.93. The average molecular weight is 348 g/mol. The maximum absolute atomic E-state index is 11.9. The van der Waals surface area contributed by atoms with Crippen molar-refractivity contribution < 1.29 is 24.0 Å². The predicted molar refractivity (Wildman–Crippen MR) is 87.9 cm³/mol. The molecule has 0 N–H and O–H groups in total. The molecule has 25 heavy (non-hydrogen) atoms. The molecule has 136 valence electrons. The van der Waals surface area contributed by atoms with E-state index in [1.165, 1.54) is 0 Å². The minimum atomic E-state index is -0.562. The summed E-state index contributed by atoms with van der Waals surface area (Å²) in [5.41, 5.74) is 0.899. The van der Waals surface area contributed by atoms with E-state index in [1.807, 2.05) is 0 Å². The molecule has 3 aliphatic heterocycles. The van der Waals surface area contributed by atoms with Gasteiger partial charge in [0.15, 0.2) is 5.78 Å². The van der Waals surface area contributed by atoms with Crippen molar-refractivity contribution in [3.8, 4) is 0 Å². The molecule has 0 aromatic rings. The molecule has 0 spiro atoms. The molecular weight excluding hydrogens is 324 g/mol. The van der Waals surface area contributed by atoms with Gasteiger partial charge in [-0.25, -0.2) is 4.79 Å². The van der Waals surface area contributed by atoms with E-state index in [9.17, 15) is 19.2 Å². The Morgan fingerprint density at radius 2 is 1.88 bits per heavy atom. The van der Waals surface area contributed by atoms with E-state index in [0.29, 0.717) is 24.1 Å². The molecule has 2 fully saturated rings. The fraction of sp³-hybridized carbons (Fsp3) is 0.667. The van der Waals surface area contributed by atoms with Crippen LogP contribution in [0.25, 0.3) is 0 Å². The molecule has 0 saturated carbocycles. The van der Waals surface area contributed by atoms with Crippen molar-refractivity contribution in [3.63, 3.8) is 0 Å². The van der Waals surface area contributed by atoms with Gasteiger partial charge in [0.2, 0.25) is 0 Å². The first-order valence-corrected chi connectivity index (χ1v) is 9.00. The molecule has 0 radical (unpaired) electrons. The summed E-state index contributed by atoms with van der Waals surface area (Å²) in [6.07, 6.45) is 7.01. The lowest BCUT2D eigenvalue weighted by Crippen LogP contribution is -2.38. The first-order chi connectivity index (χ1) is 12.0. The highest BCUT2D eigenvalue weighted by molar-refractivity contribution is 6.01. The Hall–Kier alpha value is -2.02. The van der Waals surface area contributed by atoms with Crippen LogP contribution >= 0.6 is 0 Å². The molecule has 3 heterocycles. The Morgan fingerprint density at radius 1 is 1.16 bits per heavy atom. The summed E-state index contributed by atoms with van der Waals surface area (Å²) >= 11 is 0. The fourth-order valence-corrected chi connectivity index (χ4v) is 4.08. The predicted octanol–water partition coefficient (Wildman–Crippen LogP) is 1.52. The smallest absolute Gasteiger partial charge is 0.330 e. The van der Waals surface area contributed by atoms with Crippen LogP contribution in [0.15, 0.2) is 11.6 Å². The van der Waals surface area contributed by atoms with Crippen LogP contribution in [0.5, 0.6) is 0 Å². The molecule has 2 amide bonds. The number of hydroxylamine groups is 2. The van der Waals surface area contributed by atoms with Crippen molar-refractivity contribution in [2.75, 3.05) is 6.54 Å². The van der Waals surface area contributed by atoms with Gasteiger partial charge in [0, 0.05) is 36.9 Å². The number of hydrogen-bond acceptors (Lipinski definition) is 6. The van der Waals surface area contributed by atoms with Gasteiger partial charge in [-0.2, -0.15) is 0 Å². The monoisotopic (exact) mass is 348 g/mol. The maximum Gasteiger partial charge on any atom is 0.333 e. The Balaban J connectivity index is 1.51. The summed E-state index contributed by atoms with van der Waals surface area (Å²) in [7, 11) is 0. The number of carbonyl (C=O) groups excluding carboxylic acids is 4. The second kappa shape index (κ2) is 7.47. The van der Waals surface area contributed by atoms with Crippen LogP contribution in [-0.2, 0) is 24.0 Å². The van der Waals surface area contributed by atoms with Crippen molar-refractivity contribution in [1.82, 2.24) is 9.96 Å². The van der Waals surface area contributed by atoms with E-state index >= 15 is 0 Å². The van der Waals surface area contributed by atoms with Crippen molar-refractivity contribution in [3.05, 3.63) is 11.6 Å². The van der Waals surface area contributed by atoms with E-state index in [-0.39, 0.29) is 31.1 Å². The van der Waals surface area contributed by atoms with Crippen LogP contribution in [0, 0.1) is 0 Å². The van der Waals surface area contributed by atoms with Crippen molar-refractivity contribution in [1.29, 1.82) is 0 Å². The standard InChI is InChI=1S/C18H24N2O5/c1-12(21)14-5-2-4-13-7-8-15(14)19(13)11-3-6-18(24)25-20-16(22)9-10-17(20)23/h5,13,15H,2-4,6-11H2,1H3. The Bertz CT molecular complexity index is 611. The molecule has 0 aromatic heterocycles. The molecule has 3 rings (SSSR count). The number of allylic oxidation sites excluding steroid dienone is 1. The Kier molecular flexibility index (Phi) is 5.32. The lowest BCUT2D eigenvalue weighted by Gasteiger charge is -2.29.